The van der Waals surface area contributed by atoms with E-state index in [-0.39, 0.29) is 11.4 Å². The van der Waals surface area contributed by atoms with Crippen molar-refractivity contribution in [1.29, 1.82) is 0 Å². The minimum Gasteiger partial charge on any atom is -0.384 e. The third kappa shape index (κ3) is 3.05. The highest BCUT2D eigenvalue weighted by Gasteiger charge is 2.15. The molecule has 0 fully saturated rings. The van der Waals surface area contributed by atoms with Crippen LogP contribution in [0.3, 0.4) is 0 Å². The quantitative estimate of drug-likeness (QED) is 0.704. The number of nitrogens with two attached hydrogens (primary N) is 1. The zero-order chi connectivity index (χ0) is 10.8. The number of nitrogens with one attached hydrogen (secondary N) is 1. The molecule has 1 aromatic heterocycles. The molecule has 0 unspecified atom stereocenters. The molecule has 1 amide bonds. The summed E-state index contributed by atoms with van der Waals surface area (Å²) in [6.45, 7) is 5.78. The summed E-state index contributed by atoms with van der Waals surface area (Å²) < 4.78 is 0. The number of amides is 1. The van der Waals surface area contributed by atoms with Gasteiger partial charge in [-0.25, -0.2) is 4.98 Å². The Hall–Kier alpha value is -1.58. The first-order valence-corrected chi connectivity index (χ1v) is 4.42. The van der Waals surface area contributed by atoms with Gasteiger partial charge in [0.25, 0.3) is 5.91 Å². The number of rotatable bonds is 1. The lowest BCUT2D eigenvalue weighted by molar-refractivity contribution is 0.0919. The van der Waals surface area contributed by atoms with Crippen LogP contribution in [0.4, 0.5) is 5.82 Å². The topological polar surface area (TPSA) is 68.0 Å². The van der Waals surface area contributed by atoms with Crippen LogP contribution in [0.25, 0.3) is 0 Å². The standard InChI is InChI=1S/C10H15N3O/c1-10(2,3)13-9(14)7-4-5-12-8(11)6-7/h4-6H,1-3H3,(H2,11,12)(H,13,14). The van der Waals surface area contributed by atoms with Crippen LogP contribution < -0.4 is 11.1 Å². The molecule has 3 N–H and O–H groups in total. The van der Waals surface area contributed by atoms with Crippen molar-refractivity contribution in [1.82, 2.24) is 10.3 Å². The second-order valence-corrected chi connectivity index (χ2v) is 4.17. The summed E-state index contributed by atoms with van der Waals surface area (Å²) in [6.07, 6.45) is 1.52. The SMILES string of the molecule is CC(C)(C)NC(=O)c1ccnc(N)c1. The van der Waals surface area contributed by atoms with Gasteiger partial charge in [0, 0.05) is 17.3 Å². The molecule has 0 bridgehead atoms. The zero-order valence-electron chi connectivity index (χ0n) is 8.66. The van der Waals surface area contributed by atoms with Gasteiger partial charge in [0.05, 0.1) is 0 Å². The third-order valence-electron chi connectivity index (χ3n) is 1.53. The molecule has 76 valence electrons. The maximum Gasteiger partial charge on any atom is 0.251 e. The molecule has 1 aromatic rings. The fourth-order valence-corrected chi connectivity index (χ4v) is 1.00. The van der Waals surface area contributed by atoms with Crippen molar-refractivity contribution in [3.8, 4) is 0 Å². The molecule has 4 nitrogen and oxygen atoms in total. The van der Waals surface area contributed by atoms with Crippen LogP contribution in [0, 0.1) is 0 Å². The van der Waals surface area contributed by atoms with Crippen LogP contribution in [0.5, 0.6) is 0 Å². The summed E-state index contributed by atoms with van der Waals surface area (Å²) >= 11 is 0. The minimum atomic E-state index is -0.241. The van der Waals surface area contributed by atoms with E-state index in [2.05, 4.69) is 10.3 Å². The van der Waals surface area contributed by atoms with Crippen molar-refractivity contribution in [2.45, 2.75) is 26.3 Å². The van der Waals surface area contributed by atoms with Gasteiger partial charge in [-0.05, 0) is 32.9 Å². The second-order valence-electron chi connectivity index (χ2n) is 4.17. The summed E-state index contributed by atoms with van der Waals surface area (Å²) in [4.78, 5) is 15.4. The van der Waals surface area contributed by atoms with Gasteiger partial charge in [0.15, 0.2) is 0 Å². The van der Waals surface area contributed by atoms with Gasteiger partial charge in [-0.2, -0.15) is 0 Å². The molecule has 0 saturated heterocycles. The first kappa shape index (κ1) is 10.5. The number of carbonyl (C=O) groups is 1. The van der Waals surface area contributed by atoms with Crippen LogP contribution >= 0.6 is 0 Å². The predicted molar refractivity (Wildman–Crippen MR) is 55.9 cm³/mol. The van der Waals surface area contributed by atoms with Gasteiger partial charge in [0.1, 0.15) is 5.82 Å². The molecular weight excluding hydrogens is 178 g/mol. The monoisotopic (exact) mass is 193 g/mol. The van der Waals surface area contributed by atoms with E-state index < -0.39 is 0 Å². The Morgan fingerprint density at radius 1 is 1.50 bits per heavy atom. The zero-order valence-corrected chi connectivity index (χ0v) is 8.66. The van der Waals surface area contributed by atoms with Gasteiger partial charge in [0.2, 0.25) is 0 Å². The van der Waals surface area contributed by atoms with Crippen LogP contribution in [0.1, 0.15) is 31.1 Å². The van der Waals surface area contributed by atoms with Crippen molar-refractivity contribution in [2.24, 2.45) is 0 Å². The second kappa shape index (κ2) is 3.65. The maximum absolute atomic E-state index is 11.6. The fourth-order valence-electron chi connectivity index (χ4n) is 1.00. The van der Waals surface area contributed by atoms with Crippen LogP contribution in [-0.2, 0) is 0 Å². The minimum absolute atomic E-state index is 0.133. The van der Waals surface area contributed by atoms with Gasteiger partial charge < -0.3 is 11.1 Å². The van der Waals surface area contributed by atoms with Crippen molar-refractivity contribution in [3.05, 3.63) is 23.9 Å². The molecule has 0 aliphatic carbocycles. The Bertz CT molecular complexity index is 341. The molecule has 1 heterocycles. The molecule has 0 spiro atoms. The van der Waals surface area contributed by atoms with Crippen LogP contribution in [0.15, 0.2) is 18.3 Å². The van der Waals surface area contributed by atoms with E-state index in [9.17, 15) is 4.79 Å². The van der Waals surface area contributed by atoms with E-state index >= 15 is 0 Å². The van der Waals surface area contributed by atoms with E-state index in [1.54, 1.807) is 12.1 Å². The fraction of sp³-hybridized carbons (Fsp3) is 0.400. The Kier molecular flexibility index (Phi) is 2.74. The number of pyridine rings is 1. The molecule has 0 aliphatic heterocycles. The highest BCUT2D eigenvalue weighted by atomic mass is 16.1. The Balaban J connectivity index is 2.80. The average Bonchev–Trinajstić information content (AvgIpc) is 2.01. The molecule has 0 saturated carbocycles. The van der Waals surface area contributed by atoms with E-state index in [1.165, 1.54) is 6.20 Å². The highest BCUT2D eigenvalue weighted by molar-refractivity contribution is 5.95. The molecule has 14 heavy (non-hydrogen) atoms. The average molecular weight is 193 g/mol. The number of nitrogen functional groups attached to an aromatic ring is 1. The number of carbonyl (C=O) groups excluding carboxylic acids is 1. The van der Waals surface area contributed by atoms with E-state index in [1.807, 2.05) is 20.8 Å². The number of anilines is 1. The van der Waals surface area contributed by atoms with E-state index in [4.69, 9.17) is 5.73 Å². The Morgan fingerprint density at radius 3 is 2.64 bits per heavy atom. The summed E-state index contributed by atoms with van der Waals surface area (Å²) in [5, 5.41) is 2.84. The van der Waals surface area contributed by atoms with Crippen molar-refractivity contribution >= 4 is 11.7 Å². The number of hydrogen-bond donors (Lipinski definition) is 2. The van der Waals surface area contributed by atoms with Crippen molar-refractivity contribution in [3.63, 3.8) is 0 Å². The lowest BCUT2D eigenvalue weighted by atomic mass is 10.1. The molecule has 0 aliphatic rings. The van der Waals surface area contributed by atoms with E-state index in [0.29, 0.717) is 11.4 Å². The molecule has 0 atom stereocenters. The highest BCUT2D eigenvalue weighted by Crippen LogP contribution is 2.06. The number of hydrogen-bond acceptors (Lipinski definition) is 3. The van der Waals surface area contributed by atoms with Gasteiger partial charge in [-0.3, -0.25) is 4.79 Å². The smallest absolute Gasteiger partial charge is 0.251 e. The molecule has 1 rings (SSSR count). The Labute approximate surface area is 83.5 Å². The summed E-state index contributed by atoms with van der Waals surface area (Å²) in [6, 6.07) is 3.19. The number of aromatic nitrogens is 1. The molecular formula is C10H15N3O. The normalized spacial score (nSPS) is 11.1. The largest absolute Gasteiger partial charge is 0.384 e. The summed E-state index contributed by atoms with van der Waals surface area (Å²) in [7, 11) is 0. The van der Waals surface area contributed by atoms with Gasteiger partial charge in [-0.1, -0.05) is 0 Å². The van der Waals surface area contributed by atoms with Crippen LogP contribution in [0.2, 0.25) is 0 Å². The predicted octanol–water partition coefficient (Wildman–Crippen LogP) is 1.19. The van der Waals surface area contributed by atoms with E-state index in [0.717, 1.165) is 0 Å². The summed E-state index contributed by atoms with van der Waals surface area (Å²) in [5.41, 5.74) is 5.76. The van der Waals surface area contributed by atoms with Crippen molar-refractivity contribution < 1.29 is 4.79 Å². The van der Waals surface area contributed by atoms with Gasteiger partial charge >= 0.3 is 0 Å². The Morgan fingerprint density at radius 2 is 2.14 bits per heavy atom. The molecule has 4 heteroatoms. The van der Waals surface area contributed by atoms with Gasteiger partial charge in [-0.15, -0.1) is 0 Å². The lowest BCUT2D eigenvalue weighted by Gasteiger charge is -2.20. The van der Waals surface area contributed by atoms with Crippen molar-refractivity contribution in [2.75, 3.05) is 5.73 Å². The molecule has 0 radical (unpaired) electrons. The van der Waals surface area contributed by atoms with Crippen LogP contribution in [-0.4, -0.2) is 16.4 Å². The lowest BCUT2D eigenvalue weighted by Crippen LogP contribution is -2.40. The maximum atomic E-state index is 11.6. The third-order valence-corrected chi connectivity index (χ3v) is 1.53. The number of nitrogens with zero attached hydrogens (tertiary/aromatic N) is 1. The first-order valence-electron chi connectivity index (χ1n) is 4.42. The first-order chi connectivity index (χ1) is 6.38. The molecule has 0 aromatic carbocycles. The summed E-state index contributed by atoms with van der Waals surface area (Å²) in [5.74, 6) is 0.221.